The van der Waals surface area contributed by atoms with Gasteiger partial charge >= 0.3 is 5.97 Å². The number of thiophene rings is 1. The number of carbonyl (C=O) groups is 4. The summed E-state index contributed by atoms with van der Waals surface area (Å²) in [5.74, 6) is -1.50. The Labute approximate surface area is 173 Å². The Morgan fingerprint density at radius 3 is 2.48 bits per heavy atom. The van der Waals surface area contributed by atoms with Crippen LogP contribution in [0.3, 0.4) is 0 Å². The molecular weight excluding hydrogens is 392 g/mol. The Hall–Kier alpha value is -3.00. The standard InChI is InChI=1S/C21H24N2O5S/c1-4-22-21(27)15-6-5-7-16(11-15)23-19(25)12-28-20(26)9-8-18(24)17-10-13(2)29-14(17)3/h5-7,10-11H,4,8-9,12H2,1-3H3,(H,22,27)(H,23,25). The van der Waals surface area contributed by atoms with E-state index in [1.165, 1.54) is 17.4 Å². The van der Waals surface area contributed by atoms with Crippen LogP contribution in [0.5, 0.6) is 0 Å². The average molecular weight is 416 g/mol. The number of rotatable bonds is 9. The van der Waals surface area contributed by atoms with E-state index < -0.39 is 18.5 Å². The number of carbonyl (C=O) groups excluding carboxylic acids is 4. The largest absolute Gasteiger partial charge is 0.456 e. The fraction of sp³-hybridized carbons (Fsp3) is 0.333. The lowest BCUT2D eigenvalue weighted by atomic mass is 10.1. The molecule has 1 aromatic carbocycles. The van der Waals surface area contributed by atoms with E-state index in [-0.39, 0.29) is 24.5 Å². The predicted molar refractivity (Wildman–Crippen MR) is 111 cm³/mol. The molecule has 0 saturated heterocycles. The quantitative estimate of drug-likeness (QED) is 0.483. The first kappa shape index (κ1) is 22.3. The van der Waals surface area contributed by atoms with Gasteiger partial charge < -0.3 is 15.4 Å². The van der Waals surface area contributed by atoms with Crippen LogP contribution in [0.4, 0.5) is 5.69 Å². The zero-order chi connectivity index (χ0) is 21.4. The molecule has 7 nitrogen and oxygen atoms in total. The Morgan fingerprint density at radius 2 is 1.83 bits per heavy atom. The second kappa shape index (κ2) is 10.5. The van der Waals surface area contributed by atoms with Crippen molar-refractivity contribution < 1.29 is 23.9 Å². The summed E-state index contributed by atoms with van der Waals surface area (Å²) in [7, 11) is 0. The molecule has 2 aromatic rings. The second-order valence-electron chi connectivity index (χ2n) is 6.40. The fourth-order valence-electron chi connectivity index (χ4n) is 2.67. The monoisotopic (exact) mass is 416 g/mol. The molecule has 2 N–H and O–H groups in total. The highest BCUT2D eigenvalue weighted by atomic mass is 32.1. The molecule has 0 unspecified atom stereocenters. The third-order valence-electron chi connectivity index (χ3n) is 4.01. The Balaban J connectivity index is 1.78. The smallest absolute Gasteiger partial charge is 0.306 e. The molecule has 2 amide bonds. The number of ketones is 1. The summed E-state index contributed by atoms with van der Waals surface area (Å²) in [6.45, 7) is 5.64. The summed E-state index contributed by atoms with van der Waals surface area (Å²) in [6.07, 6.45) is -0.0564. The van der Waals surface area contributed by atoms with E-state index in [0.29, 0.717) is 23.4 Å². The number of aryl methyl sites for hydroxylation is 2. The highest BCUT2D eigenvalue weighted by molar-refractivity contribution is 7.12. The molecule has 0 atom stereocenters. The predicted octanol–water partition coefficient (Wildman–Crippen LogP) is 3.26. The van der Waals surface area contributed by atoms with Gasteiger partial charge in [-0.05, 0) is 45.0 Å². The van der Waals surface area contributed by atoms with Gasteiger partial charge in [-0.2, -0.15) is 0 Å². The normalized spacial score (nSPS) is 10.3. The number of ether oxygens (including phenoxy) is 1. The molecule has 0 aliphatic heterocycles. The summed E-state index contributed by atoms with van der Waals surface area (Å²) in [5.41, 5.74) is 1.47. The van der Waals surface area contributed by atoms with Gasteiger partial charge in [-0.1, -0.05) is 6.07 Å². The van der Waals surface area contributed by atoms with Crippen molar-refractivity contribution in [2.45, 2.75) is 33.6 Å². The van der Waals surface area contributed by atoms with E-state index in [9.17, 15) is 19.2 Å². The second-order valence-corrected chi connectivity index (χ2v) is 7.86. The molecule has 0 bridgehead atoms. The first-order chi connectivity index (χ1) is 13.8. The van der Waals surface area contributed by atoms with E-state index in [4.69, 9.17) is 4.74 Å². The molecule has 0 saturated carbocycles. The number of hydrogen-bond acceptors (Lipinski definition) is 6. The zero-order valence-corrected chi connectivity index (χ0v) is 17.5. The van der Waals surface area contributed by atoms with Gasteiger partial charge in [0.1, 0.15) is 0 Å². The van der Waals surface area contributed by atoms with Gasteiger partial charge in [0, 0.05) is 39.5 Å². The van der Waals surface area contributed by atoms with Gasteiger partial charge in [0.05, 0.1) is 6.42 Å². The van der Waals surface area contributed by atoms with Crippen molar-refractivity contribution in [3.63, 3.8) is 0 Å². The number of Topliss-reactive ketones (excluding diaryl/α,β-unsaturated/α-hetero) is 1. The third-order valence-corrected chi connectivity index (χ3v) is 4.97. The number of amides is 2. The van der Waals surface area contributed by atoms with E-state index in [2.05, 4.69) is 10.6 Å². The van der Waals surface area contributed by atoms with Gasteiger partial charge in [-0.3, -0.25) is 19.2 Å². The lowest BCUT2D eigenvalue weighted by molar-refractivity contribution is -0.147. The number of esters is 1. The fourth-order valence-corrected chi connectivity index (χ4v) is 3.62. The molecule has 29 heavy (non-hydrogen) atoms. The van der Waals surface area contributed by atoms with Crippen molar-refractivity contribution in [3.8, 4) is 0 Å². The van der Waals surface area contributed by atoms with Gasteiger partial charge in [0.2, 0.25) is 0 Å². The Bertz CT molecular complexity index is 920. The number of anilines is 1. The molecule has 1 heterocycles. The highest BCUT2D eigenvalue weighted by Gasteiger charge is 2.15. The summed E-state index contributed by atoms with van der Waals surface area (Å²) in [5, 5.41) is 5.25. The van der Waals surface area contributed by atoms with Gasteiger partial charge in [-0.15, -0.1) is 11.3 Å². The van der Waals surface area contributed by atoms with Crippen LogP contribution in [-0.4, -0.2) is 36.7 Å². The van der Waals surface area contributed by atoms with Crippen LogP contribution in [0.15, 0.2) is 30.3 Å². The molecule has 2 rings (SSSR count). The average Bonchev–Trinajstić information content (AvgIpc) is 3.03. The van der Waals surface area contributed by atoms with Crippen LogP contribution in [-0.2, 0) is 14.3 Å². The molecule has 0 spiro atoms. The minimum Gasteiger partial charge on any atom is -0.456 e. The first-order valence-electron chi connectivity index (χ1n) is 9.24. The van der Waals surface area contributed by atoms with Crippen LogP contribution < -0.4 is 10.6 Å². The van der Waals surface area contributed by atoms with Crippen molar-refractivity contribution in [3.05, 3.63) is 51.2 Å². The maximum atomic E-state index is 12.2. The summed E-state index contributed by atoms with van der Waals surface area (Å²) in [4.78, 5) is 49.8. The lowest BCUT2D eigenvalue weighted by Crippen LogP contribution is -2.23. The van der Waals surface area contributed by atoms with E-state index in [1.54, 1.807) is 18.2 Å². The molecule has 1 aromatic heterocycles. The third kappa shape index (κ3) is 6.83. The van der Waals surface area contributed by atoms with Gasteiger partial charge in [0.15, 0.2) is 12.4 Å². The van der Waals surface area contributed by atoms with Crippen LogP contribution in [0, 0.1) is 13.8 Å². The maximum Gasteiger partial charge on any atom is 0.306 e. The van der Waals surface area contributed by atoms with Crippen molar-refractivity contribution in [2.75, 3.05) is 18.5 Å². The van der Waals surface area contributed by atoms with E-state index in [1.807, 2.05) is 26.8 Å². The van der Waals surface area contributed by atoms with Gasteiger partial charge in [-0.25, -0.2) is 0 Å². The minimum atomic E-state index is -0.617. The molecule has 0 aliphatic rings. The Morgan fingerprint density at radius 1 is 1.07 bits per heavy atom. The highest BCUT2D eigenvalue weighted by Crippen LogP contribution is 2.22. The first-order valence-corrected chi connectivity index (χ1v) is 10.1. The van der Waals surface area contributed by atoms with E-state index in [0.717, 1.165) is 9.75 Å². The minimum absolute atomic E-state index is 0.0338. The van der Waals surface area contributed by atoms with E-state index >= 15 is 0 Å². The Kier molecular flexibility index (Phi) is 8.09. The molecular formula is C21H24N2O5S. The molecule has 0 radical (unpaired) electrons. The van der Waals surface area contributed by atoms with Crippen LogP contribution in [0.1, 0.15) is 50.2 Å². The molecule has 154 valence electrons. The lowest BCUT2D eigenvalue weighted by Gasteiger charge is -2.08. The van der Waals surface area contributed by atoms with Crippen molar-refractivity contribution in [1.29, 1.82) is 0 Å². The van der Waals surface area contributed by atoms with Gasteiger partial charge in [0.25, 0.3) is 11.8 Å². The maximum absolute atomic E-state index is 12.2. The van der Waals surface area contributed by atoms with Crippen molar-refractivity contribution >= 4 is 40.6 Å². The van der Waals surface area contributed by atoms with Crippen molar-refractivity contribution in [1.82, 2.24) is 5.32 Å². The number of benzene rings is 1. The number of nitrogens with one attached hydrogen (secondary N) is 2. The van der Waals surface area contributed by atoms with Crippen LogP contribution in [0.2, 0.25) is 0 Å². The van der Waals surface area contributed by atoms with Crippen LogP contribution >= 0.6 is 11.3 Å². The van der Waals surface area contributed by atoms with Crippen LogP contribution in [0.25, 0.3) is 0 Å². The summed E-state index contributed by atoms with van der Waals surface area (Å²) in [6, 6.07) is 8.26. The summed E-state index contributed by atoms with van der Waals surface area (Å²) < 4.78 is 4.93. The topological polar surface area (TPSA) is 102 Å². The molecule has 0 fully saturated rings. The zero-order valence-electron chi connectivity index (χ0n) is 16.7. The SMILES string of the molecule is CCNC(=O)c1cccc(NC(=O)COC(=O)CCC(=O)c2cc(C)sc2C)c1. The number of hydrogen-bond donors (Lipinski definition) is 2. The molecule has 0 aliphatic carbocycles. The molecule has 8 heteroatoms. The summed E-state index contributed by atoms with van der Waals surface area (Å²) >= 11 is 1.54. The van der Waals surface area contributed by atoms with Crippen molar-refractivity contribution in [2.24, 2.45) is 0 Å².